The van der Waals surface area contributed by atoms with Gasteiger partial charge < -0.3 is 25.0 Å². The average molecular weight is 424 g/mol. The molecule has 8 heteroatoms. The van der Waals surface area contributed by atoms with Crippen LogP contribution in [0.5, 0.6) is 0 Å². The number of morpholine rings is 1. The molecule has 1 saturated carbocycles. The van der Waals surface area contributed by atoms with Crippen molar-refractivity contribution in [3.05, 3.63) is 0 Å². The quantitative estimate of drug-likeness (QED) is 0.637. The minimum atomic E-state index is -0.672. The molecule has 0 aromatic heterocycles. The number of urea groups is 1. The number of hydrogen-bond donors (Lipinski definition) is 2. The van der Waals surface area contributed by atoms with Gasteiger partial charge in [0, 0.05) is 13.1 Å². The van der Waals surface area contributed by atoms with Gasteiger partial charge >= 0.3 is 6.03 Å². The van der Waals surface area contributed by atoms with E-state index in [1.807, 2.05) is 6.92 Å². The van der Waals surface area contributed by atoms with Gasteiger partial charge in [-0.05, 0) is 31.1 Å². The molecule has 1 unspecified atom stereocenters. The third-order valence-corrected chi connectivity index (χ3v) is 6.78. The second-order valence-electron chi connectivity index (χ2n) is 9.24. The molecule has 0 radical (unpaired) electrons. The number of ether oxygens (including phenoxy) is 2. The van der Waals surface area contributed by atoms with Crippen molar-refractivity contribution >= 4 is 17.7 Å². The Bertz CT molecular complexity index is 612. The lowest BCUT2D eigenvalue weighted by Gasteiger charge is -2.35. The Morgan fingerprint density at radius 1 is 1.17 bits per heavy atom. The highest BCUT2D eigenvalue weighted by atomic mass is 16.5. The molecule has 0 aromatic carbocycles. The number of rotatable bonds is 6. The summed E-state index contributed by atoms with van der Waals surface area (Å²) < 4.78 is 10.8. The topological polar surface area (TPSA) is 97.0 Å². The molecular weight excluding hydrogens is 386 g/mol. The molecular formula is C22H37N3O5. The predicted molar refractivity (Wildman–Crippen MR) is 112 cm³/mol. The Labute approximate surface area is 179 Å². The minimum Gasteiger partial charge on any atom is -0.378 e. The summed E-state index contributed by atoms with van der Waals surface area (Å²) in [5.41, 5.74) is -0.00284. The number of carbonyl (C=O) groups excluding carboxylic acids is 3. The van der Waals surface area contributed by atoms with Crippen molar-refractivity contribution in [3.8, 4) is 0 Å². The minimum absolute atomic E-state index is 0.00284. The summed E-state index contributed by atoms with van der Waals surface area (Å²) in [5.74, 6) is -0.390. The van der Waals surface area contributed by atoms with E-state index in [1.54, 1.807) is 4.90 Å². The van der Waals surface area contributed by atoms with Crippen LogP contribution >= 0.6 is 0 Å². The van der Waals surface area contributed by atoms with Gasteiger partial charge in [-0.1, -0.05) is 39.5 Å². The highest BCUT2D eigenvalue weighted by Gasteiger charge is 2.39. The van der Waals surface area contributed by atoms with E-state index in [-0.39, 0.29) is 35.8 Å². The molecule has 3 atom stereocenters. The van der Waals surface area contributed by atoms with E-state index in [9.17, 15) is 14.4 Å². The van der Waals surface area contributed by atoms with E-state index in [0.717, 1.165) is 25.7 Å². The summed E-state index contributed by atoms with van der Waals surface area (Å²) >= 11 is 0. The molecule has 30 heavy (non-hydrogen) atoms. The van der Waals surface area contributed by atoms with E-state index >= 15 is 0 Å². The first-order valence-corrected chi connectivity index (χ1v) is 11.5. The fraction of sp³-hybridized carbons (Fsp3) is 0.864. The van der Waals surface area contributed by atoms with Crippen molar-refractivity contribution in [2.45, 2.75) is 83.4 Å². The molecule has 3 amide bonds. The van der Waals surface area contributed by atoms with Gasteiger partial charge in [-0.25, -0.2) is 4.79 Å². The van der Waals surface area contributed by atoms with Gasteiger partial charge in [-0.3, -0.25) is 9.59 Å². The normalized spacial score (nSPS) is 27.9. The summed E-state index contributed by atoms with van der Waals surface area (Å²) in [6.07, 6.45) is 7.76. The van der Waals surface area contributed by atoms with E-state index in [0.29, 0.717) is 39.1 Å². The van der Waals surface area contributed by atoms with Crippen LogP contribution in [0.4, 0.5) is 4.79 Å². The Morgan fingerprint density at radius 3 is 2.47 bits per heavy atom. The SMILES string of the molecule is CC[C@@H]1OCC(=O)[C@H]1NC(=O)C(CC1(C)CCCCCC1)NC(=O)N1CCOCC1. The zero-order valence-corrected chi connectivity index (χ0v) is 18.4. The third kappa shape index (κ3) is 5.94. The molecule has 3 fully saturated rings. The molecule has 8 nitrogen and oxygen atoms in total. The van der Waals surface area contributed by atoms with Crippen LogP contribution in [0.2, 0.25) is 0 Å². The van der Waals surface area contributed by atoms with Crippen LogP contribution in [0, 0.1) is 5.41 Å². The fourth-order valence-corrected chi connectivity index (χ4v) is 4.86. The van der Waals surface area contributed by atoms with Crippen LogP contribution in [-0.4, -0.2) is 73.7 Å². The standard InChI is InChI=1S/C22H37N3O5/c1-3-18-19(17(26)15-30-18)24-20(27)16(14-22(2)8-6-4-5-7-9-22)23-21(28)25-10-12-29-13-11-25/h16,18-19H,3-15H2,1-2H3,(H,23,28)(H,24,27)/t16?,18-,19+/m0/s1. The Morgan fingerprint density at radius 2 is 1.83 bits per heavy atom. The second-order valence-corrected chi connectivity index (χ2v) is 9.24. The molecule has 170 valence electrons. The monoisotopic (exact) mass is 423 g/mol. The maximum atomic E-state index is 13.2. The first-order valence-electron chi connectivity index (χ1n) is 11.5. The number of nitrogens with one attached hydrogen (secondary N) is 2. The molecule has 0 aromatic rings. The van der Waals surface area contributed by atoms with Crippen LogP contribution in [0.1, 0.15) is 65.2 Å². The molecule has 2 N–H and O–H groups in total. The van der Waals surface area contributed by atoms with E-state index in [4.69, 9.17) is 9.47 Å². The molecule has 3 aliphatic rings. The van der Waals surface area contributed by atoms with E-state index in [2.05, 4.69) is 17.6 Å². The smallest absolute Gasteiger partial charge is 0.318 e. The summed E-state index contributed by atoms with van der Waals surface area (Å²) in [6, 6.07) is -1.54. The molecule has 2 saturated heterocycles. The molecule has 0 spiro atoms. The van der Waals surface area contributed by atoms with Crippen molar-refractivity contribution in [2.75, 3.05) is 32.9 Å². The van der Waals surface area contributed by atoms with Gasteiger partial charge in [0.2, 0.25) is 5.91 Å². The second kappa shape index (κ2) is 10.6. The molecule has 2 aliphatic heterocycles. The van der Waals surface area contributed by atoms with Crippen LogP contribution in [0.25, 0.3) is 0 Å². The maximum Gasteiger partial charge on any atom is 0.318 e. The lowest BCUT2D eigenvalue weighted by molar-refractivity contribution is -0.128. The number of carbonyl (C=O) groups is 3. The highest BCUT2D eigenvalue weighted by Crippen LogP contribution is 2.38. The number of amides is 3. The summed E-state index contributed by atoms with van der Waals surface area (Å²) in [4.78, 5) is 40.0. The van der Waals surface area contributed by atoms with Crippen LogP contribution in [-0.2, 0) is 19.1 Å². The summed E-state index contributed by atoms with van der Waals surface area (Å²) in [5, 5.41) is 5.86. The highest BCUT2D eigenvalue weighted by molar-refractivity contribution is 5.94. The Balaban J connectivity index is 1.70. The van der Waals surface area contributed by atoms with Crippen molar-refractivity contribution in [3.63, 3.8) is 0 Å². The van der Waals surface area contributed by atoms with Gasteiger partial charge in [-0.2, -0.15) is 0 Å². The van der Waals surface area contributed by atoms with Gasteiger partial charge in [0.15, 0.2) is 5.78 Å². The lowest BCUT2D eigenvalue weighted by atomic mass is 9.77. The first-order chi connectivity index (χ1) is 14.4. The summed E-state index contributed by atoms with van der Waals surface area (Å²) in [7, 11) is 0. The zero-order chi connectivity index (χ0) is 21.6. The molecule has 0 bridgehead atoms. The zero-order valence-electron chi connectivity index (χ0n) is 18.4. The molecule has 2 heterocycles. The largest absolute Gasteiger partial charge is 0.378 e. The van der Waals surface area contributed by atoms with Crippen LogP contribution < -0.4 is 10.6 Å². The predicted octanol–water partition coefficient (Wildman–Crippen LogP) is 2.01. The number of nitrogens with zero attached hydrogens (tertiary/aromatic N) is 1. The van der Waals surface area contributed by atoms with Crippen molar-refractivity contribution in [1.82, 2.24) is 15.5 Å². The molecule has 1 aliphatic carbocycles. The van der Waals surface area contributed by atoms with E-state index < -0.39 is 12.1 Å². The first kappa shape index (κ1) is 23.0. The number of ketones is 1. The van der Waals surface area contributed by atoms with Crippen LogP contribution in [0.15, 0.2) is 0 Å². The third-order valence-electron chi connectivity index (χ3n) is 6.78. The van der Waals surface area contributed by atoms with Gasteiger partial charge in [0.25, 0.3) is 0 Å². The van der Waals surface area contributed by atoms with Gasteiger partial charge in [-0.15, -0.1) is 0 Å². The van der Waals surface area contributed by atoms with Gasteiger partial charge in [0.1, 0.15) is 18.7 Å². The van der Waals surface area contributed by atoms with Crippen molar-refractivity contribution in [2.24, 2.45) is 5.41 Å². The van der Waals surface area contributed by atoms with E-state index in [1.165, 1.54) is 12.8 Å². The average Bonchev–Trinajstić information content (AvgIpc) is 2.95. The van der Waals surface area contributed by atoms with Crippen molar-refractivity contribution < 1.29 is 23.9 Å². The number of hydrogen-bond acceptors (Lipinski definition) is 5. The Hall–Kier alpha value is -1.67. The summed E-state index contributed by atoms with van der Waals surface area (Å²) in [6.45, 7) is 6.24. The van der Waals surface area contributed by atoms with Crippen molar-refractivity contribution in [1.29, 1.82) is 0 Å². The maximum absolute atomic E-state index is 13.2. The lowest BCUT2D eigenvalue weighted by Crippen LogP contribution is -2.57. The number of Topliss-reactive ketones (excluding diaryl/α,β-unsaturated/α-hetero) is 1. The van der Waals surface area contributed by atoms with Crippen LogP contribution in [0.3, 0.4) is 0 Å². The molecule has 3 rings (SSSR count). The van der Waals surface area contributed by atoms with Gasteiger partial charge in [0.05, 0.1) is 19.3 Å². The Kier molecular flexibility index (Phi) is 8.11. The fourth-order valence-electron chi connectivity index (χ4n) is 4.86.